The van der Waals surface area contributed by atoms with Gasteiger partial charge in [-0.1, -0.05) is 12.1 Å². The summed E-state index contributed by atoms with van der Waals surface area (Å²) in [6.45, 7) is 4.69. The van der Waals surface area contributed by atoms with E-state index in [4.69, 9.17) is 0 Å². The average Bonchev–Trinajstić information content (AvgIpc) is 2.95. The molecule has 4 aromatic rings. The second kappa shape index (κ2) is 7.51. The number of hydrogen-bond donors (Lipinski definition) is 1. The van der Waals surface area contributed by atoms with Crippen LogP contribution < -0.4 is 5.32 Å². The zero-order chi connectivity index (χ0) is 20.5. The van der Waals surface area contributed by atoms with Crippen LogP contribution in [-0.4, -0.2) is 10.5 Å². The van der Waals surface area contributed by atoms with E-state index in [1.807, 2.05) is 26.0 Å². The van der Waals surface area contributed by atoms with Gasteiger partial charge in [-0.05, 0) is 79.6 Å². The fourth-order valence-corrected chi connectivity index (χ4v) is 3.50. The number of rotatable bonds is 4. The van der Waals surface area contributed by atoms with Crippen molar-refractivity contribution in [1.82, 2.24) is 4.57 Å². The van der Waals surface area contributed by atoms with Crippen LogP contribution in [0.2, 0.25) is 0 Å². The number of halogens is 2. The minimum Gasteiger partial charge on any atom is -0.340 e. The highest BCUT2D eigenvalue weighted by Crippen LogP contribution is 2.27. The normalized spacial score (nSPS) is 11.0. The van der Waals surface area contributed by atoms with Gasteiger partial charge in [-0.15, -0.1) is 0 Å². The molecule has 3 nitrogen and oxygen atoms in total. The van der Waals surface area contributed by atoms with Crippen LogP contribution in [0.15, 0.2) is 66.7 Å². The summed E-state index contributed by atoms with van der Waals surface area (Å²) in [7, 11) is 0. The molecular weight excluding hydrogens is 370 g/mol. The first-order chi connectivity index (χ1) is 13.9. The molecule has 0 saturated heterocycles. The third-order valence-corrected chi connectivity index (χ3v) is 5.26. The van der Waals surface area contributed by atoms with E-state index in [1.54, 1.807) is 18.2 Å². The Balaban J connectivity index is 1.65. The lowest BCUT2D eigenvalue weighted by Crippen LogP contribution is -2.11. The summed E-state index contributed by atoms with van der Waals surface area (Å²) >= 11 is 0. The summed E-state index contributed by atoms with van der Waals surface area (Å²) < 4.78 is 28.4. The molecule has 0 spiro atoms. The molecule has 5 heteroatoms. The van der Waals surface area contributed by atoms with Gasteiger partial charge in [-0.25, -0.2) is 8.78 Å². The molecule has 0 aliphatic rings. The molecule has 29 heavy (non-hydrogen) atoms. The van der Waals surface area contributed by atoms with E-state index in [0.29, 0.717) is 17.8 Å². The lowest BCUT2D eigenvalue weighted by molar-refractivity contribution is 0.102. The Kier molecular flexibility index (Phi) is 4.89. The molecule has 0 radical (unpaired) electrons. The van der Waals surface area contributed by atoms with E-state index in [2.05, 4.69) is 9.88 Å². The molecule has 1 N–H and O–H groups in total. The molecule has 0 fully saturated rings. The molecule has 1 amide bonds. The first-order valence-corrected chi connectivity index (χ1v) is 9.33. The van der Waals surface area contributed by atoms with Gasteiger partial charge >= 0.3 is 0 Å². The van der Waals surface area contributed by atoms with Gasteiger partial charge in [0.05, 0.1) is 0 Å². The van der Waals surface area contributed by atoms with Crippen molar-refractivity contribution in [2.75, 3.05) is 5.32 Å². The van der Waals surface area contributed by atoms with Gasteiger partial charge in [0.2, 0.25) is 0 Å². The van der Waals surface area contributed by atoms with Crippen molar-refractivity contribution in [1.29, 1.82) is 0 Å². The number of hydrogen-bond acceptors (Lipinski definition) is 1. The van der Waals surface area contributed by atoms with E-state index < -0.39 is 0 Å². The Labute approximate surface area is 167 Å². The number of nitrogens with one attached hydrogen (secondary N) is 1. The highest BCUT2D eigenvalue weighted by Gasteiger charge is 2.14. The fraction of sp³-hybridized carbons (Fsp3) is 0.125. The Morgan fingerprint density at radius 3 is 2.17 bits per heavy atom. The van der Waals surface area contributed by atoms with E-state index in [1.165, 1.54) is 36.4 Å². The van der Waals surface area contributed by atoms with Crippen molar-refractivity contribution in [2.45, 2.75) is 20.4 Å². The highest BCUT2D eigenvalue weighted by molar-refractivity contribution is 6.06. The Bertz CT molecular complexity index is 1190. The number of nitrogens with zero attached hydrogens (tertiary/aromatic N) is 1. The van der Waals surface area contributed by atoms with E-state index >= 15 is 0 Å². The van der Waals surface area contributed by atoms with Gasteiger partial charge in [0.1, 0.15) is 11.6 Å². The third-order valence-electron chi connectivity index (χ3n) is 5.26. The largest absolute Gasteiger partial charge is 0.340 e. The van der Waals surface area contributed by atoms with Gasteiger partial charge in [0, 0.05) is 34.4 Å². The number of anilines is 1. The predicted octanol–water partition coefficient (Wildman–Crippen LogP) is 5.84. The smallest absolute Gasteiger partial charge is 0.255 e. The number of carbonyl (C=O) groups is 1. The summed E-state index contributed by atoms with van der Waals surface area (Å²) in [5.41, 5.74) is 5.29. The second-order valence-corrected chi connectivity index (χ2v) is 7.12. The zero-order valence-corrected chi connectivity index (χ0v) is 16.2. The minimum atomic E-state index is -0.349. The van der Waals surface area contributed by atoms with E-state index in [-0.39, 0.29) is 17.5 Å². The monoisotopic (exact) mass is 390 g/mol. The molecular formula is C24H20F2N2O. The number of aryl methyl sites for hydroxylation is 1. The lowest BCUT2D eigenvalue weighted by Gasteiger charge is -2.09. The molecule has 0 aliphatic carbocycles. The molecule has 0 atom stereocenters. The summed E-state index contributed by atoms with van der Waals surface area (Å²) in [4.78, 5) is 12.6. The molecule has 1 heterocycles. The molecule has 146 valence electrons. The molecule has 4 rings (SSSR count). The van der Waals surface area contributed by atoms with Crippen LogP contribution in [0, 0.1) is 25.5 Å². The Hall–Kier alpha value is -3.47. The molecule has 1 aromatic heterocycles. The van der Waals surface area contributed by atoms with Crippen molar-refractivity contribution in [3.05, 3.63) is 101 Å². The predicted molar refractivity (Wildman–Crippen MR) is 111 cm³/mol. The van der Waals surface area contributed by atoms with Gasteiger partial charge in [-0.2, -0.15) is 0 Å². The number of aromatic nitrogens is 1. The van der Waals surface area contributed by atoms with Crippen molar-refractivity contribution < 1.29 is 13.6 Å². The van der Waals surface area contributed by atoms with Crippen LogP contribution in [0.5, 0.6) is 0 Å². The van der Waals surface area contributed by atoms with E-state index in [9.17, 15) is 13.6 Å². The van der Waals surface area contributed by atoms with Crippen molar-refractivity contribution in [2.24, 2.45) is 0 Å². The van der Waals surface area contributed by atoms with Crippen molar-refractivity contribution >= 4 is 22.5 Å². The summed E-state index contributed by atoms with van der Waals surface area (Å²) in [5, 5.41) is 3.78. The minimum absolute atomic E-state index is 0.248. The molecule has 0 aliphatic heterocycles. The van der Waals surface area contributed by atoms with Gasteiger partial charge in [0.25, 0.3) is 5.91 Å². The zero-order valence-electron chi connectivity index (χ0n) is 16.2. The topological polar surface area (TPSA) is 34.0 Å². The van der Waals surface area contributed by atoms with Crippen molar-refractivity contribution in [3.63, 3.8) is 0 Å². The number of fused-ring (bicyclic) bond motifs is 1. The first-order valence-electron chi connectivity index (χ1n) is 9.33. The van der Waals surface area contributed by atoms with Gasteiger partial charge in [-0.3, -0.25) is 4.79 Å². The summed E-state index contributed by atoms with van der Waals surface area (Å²) in [6, 6.07) is 17.7. The molecule has 0 bridgehead atoms. The second-order valence-electron chi connectivity index (χ2n) is 7.12. The van der Waals surface area contributed by atoms with Crippen LogP contribution in [0.4, 0.5) is 14.5 Å². The molecule has 3 aromatic carbocycles. The number of carbonyl (C=O) groups excluding carboxylic acids is 1. The Morgan fingerprint density at radius 1 is 0.897 bits per heavy atom. The van der Waals surface area contributed by atoms with Gasteiger partial charge in [0.15, 0.2) is 0 Å². The van der Waals surface area contributed by atoms with Crippen molar-refractivity contribution in [3.8, 4) is 0 Å². The van der Waals surface area contributed by atoms with Crippen LogP contribution in [-0.2, 0) is 6.54 Å². The summed E-state index contributed by atoms with van der Waals surface area (Å²) in [6.07, 6.45) is 0. The van der Waals surface area contributed by atoms with Crippen LogP contribution in [0.3, 0.4) is 0 Å². The third kappa shape index (κ3) is 3.76. The lowest BCUT2D eigenvalue weighted by atomic mass is 10.1. The van der Waals surface area contributed by atoms with Gasteiger partial charge < -0.3 is 9.88 Å². The quantitative estimate of drug-likeness (QED) is 0.467. The maximum absolute atomic E-state index is 13.2. The Morgan fingerprint density at radius 2 is 1.52 bits per heavy atom. The number of amides is 1. The van der Waals surface area contributed by atoms with E-state index in [0.717, 1.165) is 27.7 Å². The maximum atomic E-state index is 13.2. The van der Waals surface area contributed by atoms with Crippen LogP contribution in [0.1, 0.15) is 27.2 Å². The van der Waals surface area contributed by atoms with Crippen LogP contribution >= 0.6 is 0 Å². The summed E-state index contributed by atoms with van der Waals surface area (Å²) in [5.74, 6) is -0.851. The fourth-order valence-electron chi connectivity index (χ4n) is 3.50. The molecule has 0 saturated carbocycles. The van der Waals surface area contributed by atoms with Crippen LogP contribution in [0.25, 0.3) is 10.9 Å². The number of benzene rings is 3. The maximum Gasteiger partial charge on any atom is 0.255 e. The standard InChI is InChI=1S/C24H20F2N2O/c1-15-16(2)28(14-17-3-6-19(25)7-4-17)23-12-5-18(13-22(15)23)24(29)27-21-10-8-20(26)9-11-21/h3-13H,14H2,1-2H3,(H,27,29). The SMILES string of the molecule is Cc1c(C)n(Cc2ccc(F)cc2)c2ccc(C(=O)Nc3ccc(F)cc3)cc12. The first kappa shape index (κ1) is 18.9. The average molecular weight is 390 g/mol. The molecule has 0 unspecified atom stereocenters. The highest BCUT2D eigenvalue weighted by atomic mass is 19.1.